The number of hydrogen-bond donors (Lipinski definition) is 1. The van der Waals surface area contributed by atoms with Crippen molar-refractivity contribution >= 4 is 22.8 Å². The second-order valence-electron chi connectivity index (χ2n) is 10.4. The second kappa shape index (κ2) is 11.4. The fraction of sp³-hybridized carbons (Fsp3) is 0.258. The summed E-state index contributed by atoms with van der Waals surface area (Å²) in [6, 6.07) is 16.9. The molecule has 1 saturated heterocycles. The Labute approximate surface area is 238 Å². The molecule has 0 unspecified atom stereocenters. The summed E-state index contributed by atoms with van der Waals surface area (Å²) in [4.78, 5) is 35.9. The van der Waals surface area contributed by atoms with Gasteiger partial charge in [0.2, 0.25) is 0 Å². The molecule has 3 aromatic heterocycles. The third-order valence-corrected chi connectivity index (χ3v) is 7.35. The van der Waals surface area contributed by atoms with Gasteiger partial charge >= 0.3 is 0 Å². The predicted octanol–water partition coefficient (Wildman–Crippen LogP) is 4.53. The number of benzene rings is 2. The Hall–Kier alpha value is -4.67. The molecule has 0 saturated carbocycles. The number of nitrogens with zero attached hydrogens (tertiary/aromatic N) is 7. The maximum absolute atomic E-state index is 13.2. The molecule has 4 heterocycles. The molecule has 0 bridgehead atoms. The number of aryl methyl sites for hydroxylation is 2. The van der Waals surface area contributed by atoms with Gasteiger partial charge in [-0.1, -0.05) is 12.1 Å². The highest BCUT2D eigenvalue weighted by Crippen LogP contribution is 2.29. The lowest BCUT2D eigenvalue weighted by Gasteiger charge is -2.32. The van der Waals surface area contributed by atoms with Crippen molar-refractivity contribution in [1.29, 1.82) is 0 Å². The van der Waals surface area contributed by atoms with Gasteiger partial charge in [0.1, 0.15) is 5.75 Å². The van der Waals surface area contributed by atoms with E-state index in [9.17, 15) is 4.79 Å². The first kappa shape index (κ1) is 26.5. The summed E-state index contributed by atoms with van der Waals surface area (Å²) in [6.07, 6.45) is 5.07. The molecule has 1 fully saturated rings. The topological polar surface area (TPSA) is 101 Å². The SMILES string of the molecule is Cc1cc(NC(=O)c2cccc(Oc3nc(-c4cccnc4)nc4c3ncn4C)c2)ccc1CN1CCN(C)CC1. The number of fused-ring (bicyclic) bond motifs is 1. The highest BCUT2D eigenvalue weighted by atomic mass is 16.5. The summed E-state index contributed by atoms with van der Waals surface area (Å²) in [5, 5.41) is 3.03. The molecule has 1 aliphatic heterocycles. The number of nitrogens with one attached hydrogen (secondary N) is 1. The molecule has 2 aromatic carbocycles. The van der Waals surface area contributed by atoms with Crippen molar-refractivity contribution in [3.63, 3.8) is 0 Å². The third-order valence-electron chi connectivity index (χ3n) is 7.35. The van der Waals surface area contributed by atoms with Gasteiger partial charge in [0.05, 0.1) is 6.33 Å². The van der Waals surface area contributed by atoms with E-state index in [1.54, 1.807) is 43.0 Å². The Bertz CT molecular complexity index is 1690. The fourth-order valence-electron chi connectivity index (χ4n) is 4.89. The van der Waals surface area contributed by atoms with E-state index in [1.807, 2.05) is 35.9 Å². The van der Waals surface area contributed by atoms with Gasteiger partial charge in [0, 0.05) is 69.0 Å². The molecular formula is C31H32N8O2. The highest BCUT2D eigenvalue weighted by Gasteiger charge is 2.17. The van der Waals surface area contributed by atoms with Crippen LogP contribution in [0.5, 0.6) is 11.6 Å². The molecule has 41 heavy (non-hydrogen) atoms. The van der Waals surface area contributed by atoms with Crippen LogP contribution in [-0.2, 0) is 13.6 Å². The van der Waals surface area contributed by atoms with Crippen LogP contribution in [0.1, 0.15) is 21.5 Å². The Morgan fingerprint density at radius 2 is 1.85 bits per heavy atom. The van der Waals surface area contributed by atoms with Gasteiger partial charge in [-0.15, -0.1) is 0 Å². The molecule has 0 radical (unpaired) electrons. The van der Waals surface area contributed by atoms with Crippen LogP contribution < -0.4 is 10.1 Å². The Morgan fingerprint density at radius 3 is 2.63 bits per heavy atom. The smallest absolute Gasteiger partial charge is 0.255 e. The lowest BCUT2D eigenvalue weighted by Crippen LogP contribution is -2.43. The fourth-order valence-corrected chi connectivity index (χ4v) is 4.89. The van der Waals surface area contributed by atoms with Gasteiger partial charge in [0.25, 0.3) is 11.8 Å². The highest BCUT2D eigenvalue weighted by molar-refractivity contribution is 6.04. The van der Waals surface area contributed by atoms with Gasteiger partial charge in [-0.3, -0.25) is 14.7 Å². The predicted molar refractivity (Wildman–Crippen MR) is 158 cm³/mol. The van der Waals surface area contributed by atoms with Crippen molar-refractivity contribution < 1.29 is 9.53 Å². The third kappa shape index (κ3) is 5.93. The van der Waals surface area contributed by atoms with Crippen LogP contribution in [0.2, 0.25) is 0 Å². The van der Waals surface area contributed by atoms with E-state index in [0.29, 0.717) is 34.2 Å². The zero-order valence-corrected chi connectivity index (χ0v) is 23.4. The van der Waals surface area contributed by atoms with Crippen molar-refractivity contribution in [2.45, 2.75) is 13.5 Å². The van der Waals surface area contributed by atoms with E-state index in [0.717, 1.165) is 49.5 Å². The number of hydrogen-bond acceptors (Lipinski definition) is 8. The number of amides is 1. The summed E-state index contributed by atoms with van der Waals surface area (Å²) in [7, 11) is 4.03. The Balaban J connectivity index is 1.18. The number of aromatic nitrogens is 5. The standard InChI is InChI=1S/C31H32N8O2/c1-21-16-25(10-9-24(21)19-39-14-12-37(2)13-15-39)34-30(40)22-6-4-8-26(17-22)41-31-27-29(38(3)20-33-27)35-28(36-31)23-7-5-11-32-18-23/h4-11,16-18,20H,12-15,19H2,1-3H3,(H,34,40). The lowest BCUT2D eigenvalue weighted by atomic mass is 10.1. The monoisotopic (exact) mass is 548 g/mol. The molecule has 10 heteroatoms. The maximum atomic E-state index is 13.2. The van der Waals surface area contributed by atoms with Crippen LogP contribution in [-0.4, -0.2) is 73.4 Å². The summed E-state index contributed by atoms with van der Waals surface area (Å²) in [5.41, 5.74) is 5.59. The lowest BCUT2D eigenvalue weighted by molar-refractivity contribution is 0.102. The molecule has 1 amide bonds. The number of ether oxygens (including phenoxy) is 1. The van der Waals surface area contributed by atoms with Crippen molar-refractivity contribution in [2.75, 3.05) is 38.5 Å². The maximum Gasteiger partial charge on any atom is 0.255 e. The first-order valence-electron chi connectivity index (χ1n) is 13.6. The largest absolute Gasteiger partial charge is 0.437 e. The minimum Gasteiger partial charge on any atom is -0.437 e. The average molecular weight is 549 g/mol. The Kier molecular flexibility index (Phi) is 7.41. The van der Waals surface area contributed by atoms with E-state index in [-0.39, 0.29) is 5.91 Å². The number of imidazole rings is 1. The van der Waals surface area contributed by atoms with E-state index in [2.05, 4.69) is 55.1 Å². The number of carbonyl (C=O) groups is 1. The van der Waals surface area contributed by atoms with Crippen LogP contribution >= 0.6 is 0 Å². The normalized spacial score (nSPS) is 14.3. The summed E-state index contributed by atoms with van der Waals surface area (Å²) < 4.78 is 8.00. The van der Waals surface area contributed by atoms with Crippen LogP contribution in [0, 0.1) is 6.92 Å². The van der Waals surface area contributed by atoms with Crippen molar-refractivity contribution in [3.05, 3.63) is 90.0 Å². The van der Waals surface area contributed by atoms with Crippen LogP contribution in [0.3, 0.4) is 0 Å². The molecule has 0 aliphatic carbocycles. The molecule has 0 atom stereocenters. The van der Waals surface area contributed by atoms with E-state index in [1.165, 1.54) is 5.56 Å². The average Bonchev–Trinajstić information content (AvgIpc) is 3.37. The molecule has 5 aromatic rings. The van der Waals surface area contributed by atoms with Gasteiger partial charge < -0.3 is 19.5 Å². The van der Waals surface area contributed by atoms with E-state index < -0.39 is 0 Å². The molecule has 0 spiro atoms. The number of likely N-dealkylation sites (N-methyl/N-ethyl adjacent to an activating group) is 1. The van der Waals surface area contributed by atoms with Gasteiger partial charge in [-0.05, 0) is 67.6 Å². The first-order chi connectivity index (χ1) is 19.9. The minimum absolute atomic E-state index is 0.219. The van der Waals surface area contributed by atoms with E-state index in [4.69, 9.17) is 4.74 Å². The van der Waals surface area contributed by atoms with Crippen molar-refractivity contribution in [3.8, 4) is 23.0 Å². The van der Waals surface area contributed by atoms with Crippen molar-refractivity contribution in [2.24, 2.45) is 7.05 Å². The minimum atomic E-state index is -0.219. The number of rotatable bonds is 7. The molecule has 10 nitrogen and oxygen atoms in total. The van der Waals surface area contributed by atoms with Crippen LogP contribution in [0.15, 0.2) is 73.3 Å². The van der Waals surface area contributed by atoms with Crippen molar-refractivity contribution in [1.82, 2.24) is 34.3 Å². The zero-order valence-electron chi connectivity index (χ0n) is 23.4. The first-order valence-corrected chi connectivity index (χ1v) is 13.6. The molecular weight excluding hydrogens is 516 g/mol. The van der Waals surface area contributed by atoms with Crippen LogP contribution in [0.25, 0.3) is 22.6 Å². The summed E-state index contributed by atoms with van der Waals surface area (Å²) in [5.74, 6) is 1.03. The quantitative estimate of drug-likeness (QED) is 0.317. The Morgan fingerprint density at radius 1 is 1.00 bits per heavy atom. The molecule has 1 aliphatic rings. The molecule has 208 valence electrons. The summed E-state index contributed by atoms with van der Waals surface area (Å²) in [6.45, 7) is 7.33. The zero-order chi connectivity index (χ0) is 28.3. The second-order valence-corrected chi connectivity index (χ2v) is 10.4. The summed E-state index contributed by atoms with van der Waals surface area (Å²) >= 11 is 0. The number of carbonyl (C=O) groups excluding carboxylic acids is 1. The number of piperazine rings is 1. The number of anilines is 1. The van der Waals surface area contributed by atoms with Gasteiger partial charge in [0.15, 0.2) is 17.0 Å². The molecule has 1 N–H and O–H groups in total. The van der Waals surface area contributed by atoms with Gasteiger partial charge in [-0.2, -0.15) is 4.98 Å². The van der Waals surface area contributed by atoms with Gasteiger partial charge in [-0.25, -0.2) is 9.97 Å². The molecule has 6 rings (SSSR count). The number of pyridine rings is 1. The van der Waals surface area contributed by atoms with E-state index >= 15 is 0 Å². The van der Waals surface area contributed by atoms with Crippen LogP contribution in [0.4, 0.5) is 5.69 Å².